The topological polar surface area (TPSA) is 128 Å². The van der Waals surface area contributed by atoms with Gasteiger partial charge in [-0.1, -0.05) is 5.16 Å². The lowest BCUT2D eigenvalue weighted by molar-refractivity contribution is -0.116. The minimum atomic E-state index is -0.515. The van der Waals surface area contributed by atoms with Gasteiger partial charge >= 0.3 is 0 Å². The van der Waals surface area contributed by atoms with Crippen molar-refractivity contribution in [3.8, 4) is 11.5 Å². The summed E-state index contributed by atoms with van der Waals surface area (Å²) < 4.78 is 10.6. The van der Waals surface area contributed by atoms with Gasteiger partial charge in [0.1, 0.15) is 17.3 Å². The fourth-order valence-corrected chi connectivity index (χ4v) is 2.60. The Labute approximate surface area is 172 Å². The lowest BCUT2D eigenvalue weighted by Gasteiger charge is -2.16. The number of hydrogen-bond acceptors (Lipinski definition) is 6. The second-order valence-electron chi connectivity index (χ2n) is 6.55. The van der Waals surface area contributed by atoms with Crippen molar-refractivity contribution >= 4 is 23.5 Å². The fraction of sp³-hybridized carbons (Fsp3) is 0.143. The monoisotopic (exact) mass is 408 g/mol. The summed E-state index contributed by atoms with van der Waals surface area (Å²) in [6.07, 6.45) is 0. The van der Waals surface area contributed by atoms with Crippen LogP contribution in [0.5, 0.6) is 11.5 Å². The summed E-state index contributed by atoms with van der Waals surface area (Å²) >= 11 is 0. The van der Waals surface area contributed by atoms with Crippen LogP contribution in [0.3, 0.4) is 0 Å². The Morgan fingerprint density at radius 1 is 1.03 bits per heavy atom. The number of carbonyl (C=O) groups is 3. The van der Waals surface area contributed by atoms with E-state index in [1.165, 1.54) is 11.9 Å². The average molecular weight is 408 g/mol. The summed E-state index contributed by atoms with van der Waals surface area (Å²) in [5.74, 6) is 0.677. The van der Waals surface area contributed by atoms with Crippen LogP contribution >= 0.6 is 0 Å². The maximum Gasteiger partial charge on any atom is 0.254 e. The Bertz CT molecular complexity index is 1060. The summed E-state index contributed by atoms with van der Waals surface area (Å²) in [5, 5.41) is 6.24. The summed E-state index contributed by atoms with van der Waals surface area (Å²) in [7, 11) is 1.53. The van der Waals surface area contributed by atoms with E-state index in [0.717, 1.165) is 0 Å². The average Bonchev–Trinajstić information content (AvgIpc) is 3.12. The third-order valence-corrected chi connectivity index (χ3v) is 4.10. The van der Waals surface area contributed by atoms with Gasteiger partial charge in [-0.05, 0) is 55.5 Å². The molecule has 9 nitrogen and oxygen atoms in total. The summed E-state index contributed by atoms with van der Waals surface area (Å²) in [4.78, 5) is 37.0. The third-order valence-electron chi connectivity index (χ3n) is 4.10. The number of nitrogens with zero attached hydrogens (tertiary/aromatic N) is 2. The van der Waals surface area contributed by atoms with Crippen molar-refractivity contribution in [2.75, 3.05) is 18.9 Å². The van der Waals surface area contributed by atoms with Crippen molar-refractivity contribution in [1.82, 2.24) is 10.1 Å². The molecule has 3 N–H and O–H groups in total. The Hall–Kier alpha value is -4.14. The van der Waals surface area contributed by atoms with Crippen LogP contribution in [0.4, 0.5) is 5.82 Å². The zero-order valence-electron chi connectivity index (χ0n) is 16.4. The quantitative estimate of drug-likeness (QED) is 0.618. The van der Waals surface area contributed by atoms with Crippen molar-refractivity contribution in [1.29, 1.82) is 0 Å². The molecule has 0 saturated carbocycles. The first-order chi connectivity index (χ1) is 14.3. The molecule has 0 spiro atoms. The van der Waals surface area contributed by atoms with E-state index in [4.69, 9.17) is 15.0 Å². The third kappa shape index (κ3) is 5.22. The van der Waals surface area contributed by atoms with Gasteiger partial charge in [0.05, 0.1) is 6.54 Å². The SMILES string of the molecule is Cc1cc(NC(=O)CN(C)C(=O)c2ccc(Oc3ccc(C(N)=O)cc3)cc2)no1. The van der Waals surface area contributed by atoms with Crippen molar-refractivity contribution in [2.24, 2.45) is 5.73 Å². The molecule has 2 aromatic carbocycles. The normalized spacial score (nSPS) is 10.3. The van der Waals surface area contributed by atoms with Crippen LogP contribution < -0.4 is 15.8 Å². The van der Waals surface area contributed by atoms with Crippen LogP contribution in [0.1, 0.15) is 26.5 Å². The first-order valence-electron chi connectivity index (χ1n) is 8.98. The Morgan fingerprint density at radius 2 is 1.60 bits per heavy atom. The van der Waals surface area contributed by atoms with Crippen LogP contribution in [-0.4, -0.2) is 41.4 Å². The standard InChI is InChI=1S/C21H20N4O5/c1-13-11-18(24-30-13)23-19(26)12-25(2)21(28)15-5-9-17(10-6-15)29-16-7-3-14(4-8-16)20(22)27/h3-11H,12H2,1-2H3,(H2,22,27)(H,23,24,26). The first-order valence-corrected chi connectivity index (χ1v) is 8.98. The number of rotatable bonds is 7. The molecule has 3 aromatic rings. The molecule has 30 heavy (non-hydrogen) atoms. The van der Waals surface area contributed by atoms with Gasteiger partial charge in [-0.2, -0.15) is 0 Å². The Morgan fingerprint density at radius 3 is 2.10 bits per heavy atom. The highest BCUT2D eigenvalue weighted by Gasteiger charge is 2.16. The zero-order valence-corrected chi connectivity index (χ0v) is 16.4. The van der Waals surface area contributed by atoms with E-state index >= 15 is 0 Å². The van der Waals surface area contributed by atoms with Gasteiger partial charge in [0.15, 0.2) is 5.82 Å². The van der Waals surface area contributed by atoms with Gasteiger partial charge in [0, 0.05) is 24.2 Å². The van der Waals surface area contributed by atoms with Gasteiger partial charge in [-0.25, -0.2) is 0 Å². The minimum Gasteiger partial charge on any atom is -0.457 e. The van der Waals surface area contributed by atoms with Crippen LogP contribution in [0, 0.1) is 6.92 Å². The molecule has 0 unspecified atom stereocenters. The van der Waals surface area contributed by atoms with Gasteiger partial charge in [-0.3, -0.25) is 14.4 Å². The number of anilines is 1. The molecule has 0 atom stereocenters. The Balaban J connectivity index is 1.57. The van der Waals surface area contributed by atoms with Crippen LogP contribution in [-0.2, 0) is 4.79 Å². The molecule has 154 valence electrons. The van der Waals surface area contributed by atoms with Gasteiger partial charge in [-0.15, -0.1) is 0 Å². The molecule has 3 amide bonds. The van der Waals surface area contributed by atoms with Crippen molar-refractivity contribution in [2.45, 2.75) is 6.92 Å². The molecule has 0 fully saturated rings. The largest absolute Gasteiger partial charge is 0.457 e. The molecule has 9 heteroatoms. The molecular formula is C21H20N4O5. The van der Waals surface area contributed by atoms with Gasteiger partial charge in [0.2, 0.25) is 11.8 Å². The van der Waals surface area contributed by atoms with E-state index in [1.807, 2.05) is 0 Å². The number of aromatic nitrogens is 1. The molecule has 0 radical (unpaired) electrons. The number of aryl methyl sites for hydroxylation is 1. The van der Waals surface area contributed by atoms with Crippen molar-refractivity contribution in [3.63, 3.8) is 0 Å². The molecule has 0 saturated heterocycles. The summed E-state index contributed by atoms with van der Waals surface area (Å²) in [6, 6.07) is 14.5. The maximum absolute atomic E-state index is 12.5. The predicted octanol–water partition coefficient (Wildman–Crippen LogP) is 2.58. The number of likely N-dealkylation sites (N-methyl/N-ethyl adjacent to an activating group) is 1. The molecule has 0 aliphatic carbocycles. The van der Waals surface area contributed by atoms with Crippen LogP contribution in [0.15, 0.2) is 59.1 Å². The first kappa shape index (κ1) is 20.6. The van der Waals surface area contributed by atoms with E-state index in [-0.39, 0.29) is 12.5 Å². The number of nitrogens with one attached hydrogen (secondary N) is 1. The lowest BCUT2D eigenvalue weighted by Crippen LogP contribution is -2.34. The smallest absolute Gasteiger partial charge is 0.254 e. The summed E-state index contributed by atoms with van der Waals surface area (Å²) in [6.45, 7) is 1.57. The number of benzene rings is 2. The van der Waals surface area contributed by atoms with Crippen molar-refractivity contribution in [3.05, 3.63) is 71.5 Å². The second kappa shape index (κ2) is 8.91. The van der Waals surface area contributed by atoms with Gasteiger partial charge < -0.3 is 25.2 Å². The highest BCUT2D eigenvalue weighted by atomic mass is 16.5. The lowest BCUT2D eigenvalue weighted by atomic mass is 10.2. The predicted molar refractivity (Wildman–Crippen MR) is 108 cm³/mol. The molecule has 3 rings (SSSR count). The second-order valence-corrected chi connectivity index (χ2v) is 6.55. The number of ether oxygens (including phenoxy) is 1. The number of hydrogen-bond donors (Lipinski definition) is 2. The van der Waals surface area contributed by atoms with E-state index in [9.17, 15) is 14.4 Å². The van der Waals surface area contributed by atoms with Crippen LogP contribution in [0.2, 0.25) is 0 Å². The van der Waals surface area contributed by atoms with Crippen molar-refractivity contribution < 1.29 is 23.6 Å². The highest BCUT2D eigenvalue weighted by Crippen LogP contribution is 2.22. The molecule has 0 aliphatic rings. The molecule has 1 heterocycles. The number of carbonyl (C=O) groups excluding carboxylic acids is 3. The molecule has 0 bridgehead atoms. The van der Waals surface area contributed by atoms with Gasteiger partial charge in [0.25, 0.3) is 5.91 Å². The number of primary amides is 1. The fourth-order valence-electron chi connectivity index (χ4n) is 2.60. The minimum absolute atomic E-state index is 0.144. The van der Waals surface area contributed by atoms with E-state index in [2.05, 4.69) is 10.5 Å². The Kier molecular flexibility index (Phi) is 6.11. The van der Waals surface area contributed by atoms with E-state index in [0.29, 0.717) is 34.2 Å². The van der Waals surface area contributed by atoms with Crippen LogP contribution in [0.25, 0.3) is 0 Å². The highest BCUT2D eigenvalue weighted by molar-refractivity contribution is 5.99. The molecule has 0 aliphatic heterocycles. The number of amides is 3. The zero-order chi connectivity index (χ0) is 21.7. The molecule has 1 aromatic heterocycles. The van der Waals surface area contributed by atoms with E-state index < -0.39 is 11.8 Å². The summed E-state index contributed by atoms with van der Waals surface area (Å²) in [5.41, 5.74) is 5.99. The maximum atomic E-state index is 12.5. The van der Waals surface area contributed by atoms with E-state index in [1.54, 1.807) is 61.5 Å². The number of nitrogens with two attached hydrogens (primary N) is 1. The molecular weight excluding hydrogens is 388 g/mol.